The smallest absolute Gasteiger partial charge is 0.356 e. The first-order chi connectivity index (χ1) is 9.08. The minimum absolute atomic E-state index is 0.0105. The van der Waals surface area contributed by atoms with Gasteiger partial charge in [-0.15, -0.1) is 0 Å². The van der Waals surface area contributed by atoms with E-state index in [0.717, 1.165) is 0 Å². The van der Waals surface area contributed by atoms with E-state index >= 15 is 0 Å². The molecule has 1 heterocycles. The zero-order valence-corrected chi connectivity index (χ0v) is 10.7. The first-order valence-corrected chi connectivity index (χ1v) is 5.82. The number of carbonyl (C=O) groups excluding carboxylic acids is 3. The van der Waals surface area contributed by atoms with E-state index in [2.05, 4.69) is 14.5 Å². The van der Waals surface area contributed by atoms with Crippen LogP contribution in [0.4, 0.5) is 0 Å². The maximum Gasteiger partial charge on any atom is 0.356 e. The van der Waals surface area contributed by atoms with Crippen LogP contribution in [-0.2, 0) is 15.9 Å². The van der Waals surface area contributed by atoms with Crippen molar-refractivity contribution in [1.29, 1.82) is 0 Å². The monoisotopic (exact) mass is 263 g/mol. The molecular formula is C13H13NO5. The lowest BCUT2D eigenvalue weighted by molar-refractivity contribution is 0.0590. The van der Waals surface area contributed by atoms with Crippen LogP contribution in [0.1, 0.15) is 49.7 Å². The molecule has 6 nitrogen and oxygen atoms in total. The highest BCUT2D eigenvalue weighted by Crippen LogP contribution is 2.24. The molecule has 0 N–H and O–H groups in total. The van der Waals surface area contributed by atoms with Gasteiger partial charge in [0.05, 0.1) is 31.0 Å². The van der Waals surface area contributed by atoms with Crippen molar-refractivity contribution in [2.75, 3.05) is 14.2 Å². The second-order valence-electron chi connectivity index (χ2n) is 4.14. The Morgan fingerprint density at radius 2 is 1.84 bits per heavy atom. The second kappa shape index (κ2) is 5.17. The number of rotatable bonds is 2. The Hall–Kier alpha value is -2.24. The number of fused-ring (bicyclic) bond motifs is 1. The third kappa shape index (κ3) is 2.33. The number of carbonyl (C=O) groups is 3. The molecule has 0 fully saturated rings. The fourth-order valence-corrected chi connectivity index (χ4v) is 2.11. The van der Waals surface area contributed by atoms with Gasteiger partial charge in [0.15, 0.2) is 5.78 Å². The molecule has 1 aromatic heterocycles. The molecule has 0 saturated heterocycles. The van der Waals surface area contributed by atoms with Gasteiger partial charge in [-0.25, -0.2) is 14.6 Å². The summed E-state index contributed by atoms with van der Waals surface area (Å²) in [6.45, 7) is 0. The SMILES string of the molecule is COC(=O)c1cc(C(=O)OC)c2c(n1)CCCC2=O. The number of pyridine rings is 1. The summed E-state index contributed by atoms with van der Waals surface area (Å²) in [5, 5.41) is 0. The lowest BCUT2D eigenvalue weighted by Gasteiger charge is -2.17. The minimum Gasteiger partial charge on any atom is -0.465 e. The van der Waals surface area contributed by atoms with Crippen molar-refractivity contribution < 1.29 is 23.9 Å². The predicted molar refractivity (Wildman–Crippen MR) is 64.2 cm³/mol. The lowest BCUT2D eigenvalue weighted by atomic mass is 9.90. The van der Waals surface area contributed by atoms with Crippen molar-refractivity contribution in [3.8, 4) is 0 Å². The van der Waals surface area contributed by atoms with Crippen LogP contribution >= 0.6 is 0 Å². The van der Waals surface area contributed by atoms with Gasteiger partial charge in [0, 0.05) is 6.42 Å². The summed E-state index contributed by atoms with van der Waals surface area (Å²) in [6, 6.07) is 1.25. The number of ether oxygens (including phenoxy) is 2. The molecule has 0 amide bonds. The Balaban J connectivity index is 2.64. The third-order valence-corrected chi connectivity index (χ3v) is 2.99. The fraction of sp³-hybridized carbons (Fsp3) is 0.385. The number of aromatic nitrogens is 1. The van der Waals surface area contributed by atoms with E-state index in [0.29, 0.717) is 25.0 Å². The molecule has 19 heavy (non-hydrogen) atoms. The summed E-state index contributed by atoms with van der Waals surface area (Å²) in [6.07, 6.45) is 1.58. The predicted octanol–water partition coefficient (Wildman–Crippen LogP) is 1.17. The van der Waals surface area contributed by atoms with E-state index in [9.17, 15) is 14.4 Å². The molecule has 0 aromatic carbocycles. The summed E-state index contributed by atoms with van der Waals surface area (Å²) < 4.78 is 9.23. The summed E-state index contributed by atoms with van der Waals surface area (Å²) in [5.74, 6) is -1.45. The van der Waals surface area contributed by atoms with Crippen LogP contribution in [0.25, 0.3) is 0 Å². The first kappa shape index (κ1) is 13.2. The van der Waals surface area contributed by atoms with Gasteiger partial charge < -0.3 is 9.47 Å². The van der Waals surface area contributed by atoms with Crippen LogP contribution in [0.2, 0.25) is 0 Å². The van der Waals surface area contributed by atoms with Gasteiger partial charge in [-0.3, -0.25) is 4.79 Å². The number of hydrogen-bond donors (Lipinski definition) is 0. The van der Waals surface area contributed by atoms with Gasteiger partial charge in [-0.2, -0.15) is 0 Å². The molecule has 0 spiro atoms. The summed E-state index contributed by atoms with van der Waals surface area (Å²) in [5.41, 5.74) is 0.819. The molecule has 2 rings (SSSR count). The molecule has 0 unspecified atom stereocenters. The van der Waals surface area contributed by atoms with E-state index in [1.54, 1.807) is 0 Å². The second-order valence-corrected chi connectivity index (χ2v) is 4.14. The molecule has 1 aliphatic carbocycles. The fourth-order valence-electron chi connectivity index (χ4n) is 2.11. The van der Waals surface area contributed by atoms with Crippen molar-refractivity contribution in [1.82, 2.24) is 4.98 Å². The highest BCUT2D eigenvalue weighted by atomic mass is 16.5. The number of Topliss-reactive ketones (excluding diaryl/α,β-unsaturated/α-hetero) is 1. The van der Waals surface area contributed by atoms with Crippen LogP contribution in [0.3, 0.4) is 0 Å². The van der Waals surface area contributed by atoms with Crippen LogP contribution < -0.4 is 0 Å². The number of aryl methyl sites for hydroxylation is 1. The molecule has 0 saturated carbocycles. The molecule has 100 valence electrons. The van der Waals surface area contributed by atoms with Gasteiger partial charge in [0.2, 0.25) is 0 Å². The Bertz CT molecular complexity index is 564. The topological polar surface area (TPSA) is 82.6 Å². The van der Waals surface area contributed by atoms with Crippen LogP contribution in [0, 0.1) is 0 Å². The van der Waals surface area contributed by atoms with Crippen LogP contribution in [-0.4, -0.2) is 36.9 Å². The van der Waals surface area contributed by atoms with Crippen LogP contribution in [0.15, 0.2) is 6.07 Å². The minimum atomic E-state index is -0.654. The maximum absolute atomic E-state index is 11.9. The number of nitrogens with zero attached hydrogens (tertiary/aromatic N) is 1. The van der Waals surface area contributed by atoms with Crippen molar-refractivity contribution >= 4 is 17.7 Å². The molecule has 6 heteroatoms. The largest absolute Gasteiger partial charge is 0.465 e. The van der Waals surface area contributed by atoms with E-state index in [1.165, 1.54) is 20.3 Å². The first-order valence-electron chi connectivity index (χ1n) is 5.82. The molecule has 0 atom stereocenters. The van der Waals surface area contributed by atoms with Crippen LogP contribution in [0.5, 0.6) is 0 Å². The van der Waals surface area contributed by atoms with Crippen molar-refractivity contribution in [2.24, 2.45) is 0 Å². The van der Waals surface area contributed by atoms with Crippen molar-refractivity contribution in [3.63, 3.8) is 0 Å². The molecule has 1 aliphatic rings. The average Bonchev–Trinajstić information content (AvgIpc) is 2.44. The number of hydrogen-bond acceptors (Lipinski definition) is 6. The molecular weight excluding hydrogens is 250 g/mol. The Labute approximate surface area is 109 Å². The molecule has 1 aromatic rings. The van der Waals surface area contributed by atoms with E-state index in [1.807, 2.05) is 0 Å². The Morgan fingerprint density at radius 1 is 1.16 bits per heavy atom. The normalized spacial score (nSPS) is 13.7. The van der Waals surface area contributed by atoms with E-state index in [4.69, 9.17) is 0 Å². The number of ketones is 1. The summed E-state index contributed by atoms with van der Waals surface area (Å²) in [7, 11) is 2.45. The Kier molecular flexibility index (Phi) is 3.59. The average molecular weight is 263 g/mol. The molecule has 0 aliphatic heterocycles. The summed E-state index contributed by atoms with van der Waals surface area (Å²) in [4.78, 5) is 39.3. The van der Waals surface area contributed by atoms with Gasteiger partial charge in [-0.1, -0.05) is 0 Å². The van der Waals surface area contributed by atoms with E-state index < -0.39 is 11.9 Å². The van der Waals surface area contributed by atoms with Gasteiger partial charge in [0.1, 0.15) is 5.69 Å². The van der Waals surface area contributed by atoms with Gasteiger partial charge >= 0.3 is 11.9 Å². The zero-order valence-electron chi connectivity index (χ0n) is 10.7. The van der Waals surface area contributed by atoms with Gasteiger partial charge in [0.25, 0.3) is 0 Å². The third-order valence-electron chi connectivity index (χ3n) is 2.99. The maximum atomic E-state index is 11.9. The van der Waals surface area contributed by atoms with E-state index in [-0.39, 0.29) is 22.6 Å². The lowest BCUT2D eigenvalue weighted by Crippen LogP contribution is -2.21. The number of esters is 2. The molecule has 0 radical (unpaired) electrons. The number of methoxy groups -OCH3 is 2. The highest BCUT2D eigenvalue weighted by molar-refractivity contribution is 6.08. The quantitative estimate of drug-likeness (QED) is 0.745. The molecule has 0 bridgehead atoms. The Morgan fingerprint density at radius 3 is 2.47 bits per heavy atom. The standard InChI is InChI=1S/C13H13NO5/c1-18-12(16)7-6-9(13(17)19-2)14-8-4-3-5-10(15)11(7)8/h6H,3-5H2,1-2H3. The highest BCUT2D eigenvalue weighted by Gasteiger charge is 2.28. The van der Waals surface area contributed by atoms with Crippen molar-refractivity contribution in [2.45, 2.75) is 19.3 Å². The zero-order chi connectivity index (χ0) is 14.0. The summed E-state index contributed by atoms with van der Waals surface area (Å²) >= 11 is 0. The van der Waals surface area contributed by atoms with Crippen molar-refractivity contribution in [3.05, 3.63) is 28.6 Å². The van der Waals surface area contributed by atoms with Gasteiger partial charge in [-0.05, 0) is 18.9 Å².